The lowest BCUT2D eigenvalue weighted by Crippen LogP contribution is -2.32. The summed E-state index contributed by atoms with van der Waals surface area (Å²) in [5.74, 6) is -1.07. The zero-order valence-corrected chi connectivity index (χ0v) is 18.2. The lowest BCUT2D eigenvalue weighted by atomic mass is 10.1. The molecule has 0 N–H and O–H groups in total. The van der Waals surface area contributed by atoms with Crippen molar-refractivity contribution in [2.45, 2.75) is 30.6 Å². The minimum atomic E-state index is -3.73. The van der Waals surface area contributed by atoms with Gasteiger partial charge in [0, 0.05) is 23.1 Å². The maximum atomic E-state index is 13.1. The van der Waals surface area contributed by atoms with Gasteiger partial charge in [0.1, 0.15) is 0 Å². The van der Waals surface area contributed by atoms with Crippen molar-refractivity contribution >= 4 is 37.7 Å². The van der Waals surface area contributed by atoms with Crippen molar-refractivity contribution in [3.63, 3.8) is 0 Å². The predicted octanol–water partition coefficient (Wildman–Crippen LogP) is 4.05. The van der Waals surface area contributed by atoms with Crippen LogP contribution in [0.15, 0.2) is 57.9 Å². The van der Waals surface area contributed by atoms with Crippen molar-refractivity contribution in [3.8, 4) is 0 Å². The first-order valence-electron chi connectivity index (χ1n) is 9.44. The van der Waals surface area contributed by atoms with E-state index in [0.717, 1.165) is 25.7 Å². The summed E-state index contributed by atoms with van der Waals surface area (Å²) >= 11 is 3.28. The molecule has 0 aliphatic carbocycles. The van der Waals surface area contributed by atoms with Crippen LogP contribution in [0.3, 0.4) is 0 Å². The Kier molecular flexibility index (Phi) is 7.21. The lowest BCUT2D eigenvalue weighted by molar-refractivity contribution is 0.0474. The maximum Gasteiger partial charge on any atom is 0.338 e. The Morgan fingerprint density at radius 3 is 2.24 bits per heavy atom. The van der Waals surface area contributed by atoms with Crippen LogP contribution < -0.4 is 0 Å². The Morgan fingerprint density at radius 1 is 0.931 bits per heavy atom. The Hall–Kier alpha value is -2.03. The highest BCUT2D eigenvalue weighted by molar-refractivity contribution is 9.10. The van der Waals surface area contributed by atoms with Gasteiger partial charge in [0.15, 0.2) is 12.4 Å². The zero-order valence-electron chi connectivity index (χ0n) is 15.8. The lowest BCUT2D eigenvalue weighted by Gasteiger charge is -2.21. The molecule has 3 rings (SSSR count). The second kappa shape index (κ2) is 9.65. The second-order valence-corrected chi connectivity index (χ2v) is 9.59. The van der Waals surface area contributed by atoms with Gasteiger partial charge >= 0.3 is 5.97 Å². The molecule has 1 fully saturated rings. The standard InChI is InChI=1S/C21H22BrNO5S/c22-18-11-10-17(21(25)28-15-19(24)16-8-4-3-5-9-16)14-20(18)29(26,27)23-12-6-1-2-7-13-23/h3-5,8-11,14H,1-2,6-7,12-13,15H2. The average Bonchev–Trinajstić information content (AvgIpc) is 3.03. The molecule has 1 heterocycles. The van der Waals surface area contributed by atoms with Gasteiger partial charge in [-0.1, -0.05) is 43.2 Å². The van der Waals surface area contributed by atoms with Crippen molar-refractivity contribution in [3.05, 3.63) is 64.1 Å². The highest BCUT2D eigenvalue weighted by Gasteiger charge is 2.28. The van der Waals surface area contributed by atoms with Crippen LogP contribution in [0.1, 0.15) is 46.4 Å². The van der Waals surface area contributed by atoms with Crippen LogP contribution in [-0.4, -0.2) is 44.2 Å². The molecule has 154 valence electrons. The zero-order chi connectivity index (χ0) is 20.9. The van der Waals surface area contributed by atoms with Gasteiger partial charge in [-0.05, 0) is 47.0 Å². The number of ketones is 1. The molecule has 0 amide bonds. The fraction of sp³-hybridized carbons (Fsp3) is 0.333. The van der Waals surface area contributed by atoms with Gasteiger partial charge in [0.2, 0.25) is 10.0 Å². The van der Waals surface area contributed by atoms with E-state index in [0.29, 0.717) is 23.1 Å². The van der Waals surface area contributed by atoms with Crippen LogP contribution in [-0.2, 0) is 14.8 Å². The summed E-state index contributed by atoms with van der Waals surface area (Å²) in [6.45, 7) is 0.525. The molecule has 0 aromatic heterocycles. The molecule has 0 bridgehead atoms. The number of halogens is 1. The predicted molar refractivity (Wildman–Crippen MR) is 112 cm³/mol. The molecule has 1 aliphatic rings. The molecule has 0 atom stereocenters. The second-order valence-electron chi connectivity index (χ2n) is 6.83. The fourth-order valence-corrected chi connectivity index (χ4v) is 5.64. The first kappa shape index (κ1) is 21.7. The third-order valence-corrected chi connectivity index (χ3v) is 7.67. The monoisotopic (exact) mass is 479 g/mol. The van der Waals surface area contributed by atoms with Crippen LogP contribution in [0, 0.1) is 0 Å². The molecule has 8 heteroatoms. The normalized spacial score (nSPS) is 15.5. The van der Waals surface area contributed by atoms with Gasteiger partial charge < -0.3 is 4.74 Å². The molecule has 2 aromatic carbocycles. The van der Waals surface area contributed by atoms with E-state index >= 15 is 0 Å². The number of carbonyl (C=O) groups is 2. The van der Waals surface area contributed by atoms with Gasteiger partial charge in [-0.3, -0.25) is 4.79 Å². The van der Waals surface area contributed by atoms with Crippen LogP contribution >= 0.6 is 15.9 Å². The number of rotatable bonds is 6. The number of sulfonamides is 1. The van der Waals surface area contributed by atoms with E-state index in [1.807, 2.05) is 0 Å². The van der Waals surface area contributed by atoms with Crippen molar-refractivity contribution in [2.75, 3.05) is 19.7 Å². The Bertz CT molecular complexity index is 983. The van der Waals surface area contributed by atoms with Crippen molar-refractivity contribution in [1.82, 2.24) is 4.31 Å². The molecule has 0 unspecified atom stereocenters. The van der Waals surface area contributed by atoms with Gasteiger partial charge in [-0.25, -0.2) is 13.2 Å². The van der Waals surface area contributed by atoms with Gasteiger partial charge in [-0.15, -0.1) is 0 Å². The molecule has 2 aromatic rings. The first-order chi connectivity index (χ1) is 13.9. The van der Waals surface area contributed by atoms with Crippen LogP contribution in [0.5, 0.6) is 0 Å². The molecule has 0 spiro atoms. The Balaban J connectivity index is 1.75. The molecule has 0 saturated carbocycles. The summed E-state index contributed by atoms with van der Waals surface area (Å²) in [6.07, 6.45) is 3.66. The summed E-state index contributed by atoms with van der Waals surface area (Å²) in [4.78, 5) is 24.5. The van der Waals surface area contributed by atoms with Crippen molar-refractivity contribution in [1.29, 1.82) is 0 Å². The molecule has 1 saturated heterocycles. The molecular weight excluding hydrogens is 458 g/mol. The number of hydrogen-bond acceptors (Lipinski definition) is 5. The van der Waals surface area contributed by atoms with Crippen LogP contribution in [0.2, 0.25) is 0 Å². The minimum absolute atomic E-state index is 0.0308. The number of hydrogen-bond donors (Lipinski definition) is 0. The summed E-state index contributed by atoms with van der Waals surface area (Å²) < 4.78 is 33.1. The van der Waals surface area contributed by atoms with E-state index in [9.17, 15) is 18.0 Å². The van der Waals surface area contributed by atoms with Crippen LogP contribution in [0.4, 0.5) is 0 Å². The van der Waals surface area contributed by atoms with Crippen molar-refractivity contribution in [2.24, 2.45) is 0 Å². The third-order valence-electron chi connectivity index (χ3n) is 4.78. The SMILES string of the molecule is O=C(COC(=O)c1ccc(Br)c(S(=O)(=O)N2CCCCCC2)c1)c1ccccc1. The summed E-state index contributed by atoms with van der Waals surface area (Å²) in [7, 11) is -3.73. The quantitative estimate of drug-likeness (QED) is 0.460. The van der Waals surface area contributed by atoms with E-state index in [2.05, 4.69) is 15.9 Å². The number of esters is 1. The van der Waals surface area contributed by atoms with E-state index in [1.165, 1.54) is 22.5 Å². The maximum absolute atomic E-state index is 13.1. The van der Waals surface area contributed by atoms with E-state index in [1.54, 1.807) is 30.3 Å². The first-order valence-corrected chi connectivity index (χ1v) is 11.7. The summed E-state index contributed by atoms with van der Waals surface area (Å²) in [5, 5.41) is 0. The smallest absolute Gasteiger partial charge is 0.338 e. The summed E-state index contributed by atoms with van der Waals surface area (Å²) in [6, 6.07) is 12.8. The largest absolute Gasteiger partial charge is 0.454 e. The molecule has 6 nitrogen and oxygen atoms in total. The number of ether oxygens (including phenoxy) is 1. The van der Waals surface area contributed by atoms with E-state index in [-0.39, 0.29) is 16.2 Å². The Morgan fingerprint density at radius 2 is 1.59 bits per heavy atom. The topological polar surface area (TPSA) is 80.8 Å². The molecule has 29 heavy (non-hydrogen) atoms. The molecule has 0 radical (unpaired) electrons. The molecule has 1 aliphatic heterocycles. The van der Waals surface area contributed by atoms with Crippen molar-refractivity contribution < 1.29 is 22.7 Å². The van der Waals surface area contributed by atoms with Gasteiger partial charge in [0.05, 0.1) is 10.5 Å². The number of benzene rings is 2. The van der Waals surface area contributed by atoms with E-state index in [4.69, 9.17) is 4.74 Å². The van der Waals surface area contributed by atoms with Gasteiger partial charge in [0.25, 0.3) is 0 Å². The number of Topliss-reactive ketones (excluding diaryl/α,β-unsaturated/α-hetero) is 1. The average molecular weight is 480 g/mol. The van der Waals surface area contributed by atoms with Gasteiger partial charge in [-0.2, -0.15) is 4.31 Å². The third kappa shape index (κ3) is 5.32. The highest BCUT2D eigenvalue weighted by Crippen LogP contribution is 2.28. The fourth-order valence-electron chi connectivity index (χ4n) is 3.17. The number of nitrogens with zero attached hydrogens (tertiary/aromatic N) is 1. The summed E-state index contributed by atoms with van der Waals surface area (Å²) in [5.41, 5.74) is 0.531. The molecular formula is C21H22BrNO5S. The Labute approximate surface area is 179 Å². The van der Waals surface area contributed by atoms with Crippen LogP contribution in [0.25, 0.3) is 0 Å². The highest BCUT2D eigenvalue weighted by atomic mass is 79.9. The number of carbonyl (C=O) groups excluding carboxylic acids is 2. The van der Waals surface area contributed by atoms with E-state index < -0.39 is 22.6 Å². The minimum Gasteiger partial charge on any atom is -0.454 e.